The molecule has 1 aromatic heterocycles. The fourth-order valence-corrected chi connectivity index (χ4v) is 5.61. The molecule has 4 rings (SSSR count). The summed E-state index contributed by atoms with van der Waals surface area (Å²) in [6, 6.07) is 21.5. The highest BCUT2D eigenvalue weighted by Crippen LogP contribution is 2.28. The number of ether oxygens (including phenoxy) is 1. The Bertz CT molecular complexity index is 1390. The van der Waals surface area contributed by atoms with Crippen molar-refractivity contribution in [3.8, 4) is 0 Å². The zero-order valence-electron chi connectivity index (χ0n) is 17.0. The third kappa shape index (κ3) is 4.44. The van der Waals surface area contributed by atoms with E-state index < -0.39 is 26.8 Å². The van der Waals surface area contributed by atoms with Crippen molar-refractivity contribution < 1.29 is 26.6 Å². The SMILES string of the molecule is COC(=O)c1ccccc1CS(=O)c1ccccc1NS(=O)(=O)c1cc2ccccc2o1. The molecule has 0 saturated carbocycles. The molecular formula is C23H19NO6S2. The van der Waals surface area contributed by atoms with Gasteiger partial charge >= 0.3 is 5.97 Å². The number of para-hydroxylation sites is 2. The maximum absolute atomic E-state index is 13.2. The number of anilines is 1. The van der Waals surface area contributed by atoms with Crippen LogP contribution < -0.4 is 4.72 Å². The van der Waals surface area contributed by atoms with Crippen LogP contribution in [0.25, 0.3) is 11.0 Å². The average Bonchev–Trinajstić information content (AvgIpc) is 3.24. The zero-order chi connectivity index (χ0) is 22.7. The maximum Gasteiger partial charge on any atom is 0.338 e. The number of carbonyl (C=O) groups is 1. The van der Waals surface area contributed by atoms with E-state index in [2.05, 4.69) is 4.72 Å². The van der Waals surface area contributed by atoms with Crippen LogP contribution in [0.15, 0.2) is 93.3 Å². The molecule has 32 heavy (non-hydrogen) atoms. The summed E-state index contributed by atoms with van der Waals surface area (Å²) in [6.45, 7) is 0. The van der Waals surface area contributed by atoms with Gasteiger partial charge < -0.3 is 9.15 Å². The standard InChI is InChI=1S/C23H19NO6S2/c1-29-23(25)18-10-4-2-9-17(18)15-31(26)21-13-7-5-11-19(21)24-32(27,28)22-14-16-8-3-6-12-20(16)30-22/h2-14,24H,15H2,1H3. The number of esters is 1. The average molecular weight is 470 g/mol. The third-order valence-corrected chi connectivity index (χ3v) is 7.39. The van der Waals surface area contributed by atoms with Gasteiger partial charge in [-0.2, -0.15) is 8.42 Å². The van der Waals surface area contributed by atoms with E-state index in [1.807, 2.05) is 0 Å². The molecule has 0 bridgehead atoms. The molecule has 0 saturated heterocycles. The summed E-state index contributed by atoms with van der Waals surface area (Å²) in [6.07, 6.45) is 0. The van der Waals surface area contributed by atoms with Crippen LogP contribution >= 0.6 is 0 Å². The first-order chi connectivity index (χ1) is 15.4. The monoisotopic (exact) mass is 469 g/mol. The lowest BCUT2D eigenvalue weighted by Gasteiger charge is -2.12. The number of benzene rings is 3. The highest BCUT2D eigenvalue weighted by Gasteiger charge is 2.23. The van der Waals surface area contributed by atoms with Crippen molar-refractivity contribution in [1.29, 1.82) is 0 Å². The highest BCUT2D eigenvalue weighted by atomic mass is 32.2. The normalized spacial score (nSPS) is 12.4. The number of hydrogen-bond donors (Lipinski definition) is 1. The molecule has 1 heterocycles. The first-order valence-electron chi connectivity index (χ1n) is 9.54. The van der Waals surface area contributed by atoms with Crippen molar-refractivity contribution in [3.63, 3.8) is 0 Å². The Hall–Kier alpha value is -3.43. The molecule has 0 fully saturated rings. The molecule has 3 aromatic carbocycles. The predicted octanol–water partition coefficient (Wildman–Crippen LogP) is 4.33. The van der Waals surface area contributed by atoms with Crippen LogP contribution in [0.4, 0.5) is 5.69 Å². The van der Waals surface area contributed by atoms with Crippen molar-refractivity contribution in [2.75, 3.05) is 11.8 Å². The van der Waals surface area contributed by atoms with Gasteiger partial charge in [-0.3, -0.25) is 8.93 Å². The number of rotatable bonds is 7. The minimum Gasteiger partial charge on any atom is -0.465 e. The maximum atomic E-state index is 13.2. The lowest BCUT2D eigenvalue weighted by Crippen LogP contribution is -2.14. The first kappa shape index (κ1) is 21.8. The smallest absolute Gasteiger partial charge is 0.338 e. The Morgan fingerprint density at radius 2 is 1.69 bits per heavy atom. The van der Waals surface area contributed by atoms with Crippen LogP contribution in [0, 0.1) is 0 Å². The summed E-state index contributed by atoms with van der Waals surface area (Å²) in [5.41, 5.74) is 1.46. The van der Waals surface area contributed by atoms with Crippen LogP contribution in [0.2, 0.25) is 0 Å². The van der Waals surface area contributed by atoms with E-state index in [-0.39, 0.29) is 21.4 Å². The minimum absolute atomic E-state index is 0.00858. The molecule has 7 nitrogen and oxygen atoms in total. The molecule has 1 N–H and O–H groups in total. The Kier molecular flexibility index (Phi) is 6.11. The summed E-state index contributed by atoms with van der Waals surface area (Å²) in [5.74, 6) is -0.522. The van der Waals surface area contributed by atoms with E-state index in [1.165, 1.54) is 19.2 Å². The molecule has 0 spiro atoms. The van der Waals surface area contributed by atoms with E-state index in [4.69, 9.17) is 9.15 Å². The summed E-state index contributed by atoms with van der Waals surface area (Å²) in [5, 5.41) is 0.416. The van der Waals surface area contributed by atoms with Crippen molar-refractivity contribution in [2.24, 2.45) is 0 Å². The van der Waals surface area contributed by atoms with Gasteiger partial charge in [-0.25, -0.2) is 4.79 Å². The van der Waals surface area contributed by atoms with Crippen LogP contribution in [-0.2, 0) is 31.3 Å². The lowest BCUT2D eigenvalue weighted by molar-refractivity contribution is 0.0600. The predicted molar refractivity (Wildman–Crippen MR) is 121 cm³/mol. The van der Waals surface area contributed by atoms with Gasteiger partial charge in [0.15, 0.2) is 0 Å². The quantitative estimate of drug-likeness (QED) is 0.404. The fourth-order valence-electron chi connectivity index (χ4n) is 3.21. The van der Waals surface area contributed by atoms with E-state index in [0.29, 0.717) is 22.1 Å². The molecule has 164 valence electrons. The number of fused-ring (bicyclic) bond motifs is 1. The van der Waals surface area contributed by atoms with Crippen LogP contribution in [0.3, 0.4) is 0 Å². The highest BCUT2D eigenvalue weighted by molar-refractivity contribution is 7.92. The van der Waals surface area contributed by atoms with Gasteiger partial charge in [-0.05, 0) is 29.8 Å². The second kappa shape index (κ2) is 8.97. The second-order valence-electron chi connectivity index (χ2n) is 6.84. The van der Waals surface area contributed by atoms with Gasteiger partial charge in [0, 0.05) is 11.5 Å². The second-order valence-corrected chi connectivity index (χ2v) is 9.88. The molecule has 0 aliphatic carbocycles. The van der Waals surface area contributed by atoms with Gasteiger partial charge in [-0.1, -0.05) is 48.5 Å². The summed E-state index contributed by atoms with van der Waals surface area (Å²) in [7, 11) is -4.42. The number of methoxy groups -OCH3 is 1. The van der Waals surface area contributed by atoms with Gasteiger partial charge in [0.2, 0.25) is 5.09 Å². The van der Waals surface area contributed by atoms with Crippen LogP contribution in [-0.4, -0.2) is 25.7 Å². The largest absolute Gasteiger partial charge is 0.465 e. The van der Waals surface area contributed by atoms with Crippen molar-refractivity contribution in [2.45, 2.75) is 15.7 Å². The number of sulfonamides is 1. The van der Waals surface area contributed by atoms with Gasteiger partial charge in [0.05, 0.1) is 39.8 Å². The molecule has 0 radical (unpaired) electrons. The zero-order valence-corrected chi connectivity index (χ0v) is 18.6. The van der Waals surface area contributed by atoms with Crippen molar-refractivity contribution >= 4 is 43.4 Å². The van der Waals surface area contributed by atoms with Gasteiger partial charge in [-0.15, -0.1) is 0 Å². The molecule has 0 aliphatic heterocycles. The van der Waals surface area contributed by atoms with Gasteiger partial charge in [0.1, 0.15) is 5.58 Å². The fraction of sp³-hybridized carbons (Fsp3) is 0.0870. The number of hydrogen-bond acceptors (Lipinski definition) is 6. The van der Waals surface area contributed by atoms with Crippen molar-refractivity contribution in [1.82, 2.24) is 0 Å². The van der Waals surface area contributed by atoms with Crippen LogP contribution in [0.5, 0.6) is 0 Å². The first-order valence-corrected chi connectivity index (χ1v) is 12.3. The third-order valence-electron chi connectivity index (χ3n) is 4.75. The molecule has 0 amide bonds. The van der Waals surface area contributed by atoms with Crippen LogP contribution in [0.1, 0.15) is 15.9 Å². The lowest BCUT2D eigenvalue weighted by atomic mass is 10.1. The van der Waals surface area contributed by atoms with Gasteiger partial charge in [0.25, 0.3) is 10.0 Å². The van der Waals surface area contributed by atoms with E-state index in [0.717, 1.165) is 0 Å². The van der Waals surface area contributed by atoms with E-state index in [1.54, 1.807) is 66.7 Å². The molecule has 4 aromatic rings. The Balaban J connectivity index is 1.63. The Morgan fingerprint density at radius 1 is 1.00 bits per heavy atom. The van der Waals surface area contributed by atoms with E-state index in [9.17, 15) is 17.4 Å². The molecule has 9 heteroatoms. The number of furan rings is 1. The molecular weight excluding hydrogens is 450 g/mol. The minimum atomic E-state index is -4.05. The van der Waals surface area contributed by atoms with Crippen molar-refractivity contribution in [3.05, 3.63) is 90.0 Å². The number of nitrogens with one attached hydrogen (secondary N) is 1. The number of carbonyl (C=O) groups excluding carboxylic acids is 1. The molecule has 1 atom stereocenters. The summed E-state index contributed by atoms with van der Waals surface area (Å²) < 4.78 is 51.7. The molecule has 1 unspecified atom stereocenters. The van der Waals surface area contributed by atoms with E-state index >= 15 is 0 Å². The summed E-state index contributed by atoms with van der Waals surface area (Å²) >= 11 is 0. The Morgan fingerprint density at radius 3 is 2.47 bits per heavy atom. The molecule has 0 aliphatic rings. The topological polar surface area (TPSA) is 103 Å². The summed E-state index contributed by atoms with van der Waals surface area (Å²) in [4.78, 5) is 12.3. The Labute approximate surface area is 187 Å².